The smallest absolute Gasteiger partial charge is 0.340 e. The maximum Gasteiger partial charge on any atom is 0.340 e. The molecule has 0 aliphatic heterocycles. The lowest BCUT2D eigenvalue weighted by Gasteiger charge is -2.07. The van der Waals surface area contributed by atoms with Gasteiger partial charge in [0, 0.05) is 36.4 Å². The van der Waals surface area contributed by atoms with E-state index in [1.54, 1.807) is 19.1 Å². The Labute approximate surface area is 128 Å². The molecule has 2 aromatic rings. The molecule has 0 saturated heterocycles. The average Bonchev–Trinajstić information content (AvgIpc) is 3.22. The summed E-state index contributed by atoms with van der Waals surface area (Å²) in [5.41, 5.74) is 2.60. The van der Waals surface area contributed by atoms with Crippen molar-refractivity contribution in [1.29, 1.82) is 0 Å². The molecule has 0 bridgehead atoms. The number of phenolic OH excluding ortho intramolecular Hbond substituents is 1. The van der Waals surface area contributed by atoms with Crippen LogP contribution in [-0.2, 0) is 4.74 Å². The molecule has 1 aliphatic carbocycles. The molecular weight excluding hydrogens is 280 g/mol. The van der Waals surface area contributed by atoms with E-state index in [2.05, 4.69) is 4.98 Å². The van der Waals surface area contributed by atoms with Crippen LogP contribution in [0, 0.1) is 0 Å². The molecule has 0 spiro atoms. The first-order valence-corrected chi connectivity index (χ1v) is 7.44. The molecule has 22 heavy (non-hydrogen) atoms. The summed E-state index contributed by atoms with van der Waals surface area (Å²) in [5.74, 6) is -0.194. The van der Waals surface area contributed by atoms with Gasteiger partial charge in [0.15, 0.2) is 0 Å². The van der Waals surface area contributed by atoms with Crippen LogP contribution < -0.4 is 10.6 Å². The topological polar surface area (TPSA) is 65.6 Å². The Balaban J connectivity index is 2.44. The molecule has 0 radical (unpaired) electrons. The van der Waals surface area contributed by atoms with Crippen molar-refractivity contribution in [3.05, 3.63) is 28.3 Å². The van der Waals surface area contributed by atoms with Crippen LogP contribution in [0.1, 0.15) is 30.1 Å². The summed E-state index contributed by atoms with van der Waals surface area (Å²) in [7, 11) is 3.76. The second kappa shape index (κ2) is 5.40. The summed E-state index contributed by atoms with van der Waals surface area (Å²) in [6, 6.07) is 3.44. The number of nitrogens with one attached hydrogen (secondary N) is 1. The molecule has 1 saturated carbocycles. The molecule has 0 amide bonds. The van der Waals surface area contributed by atoms with E-state index in [1.165, 1.54) is 5.57 Å². The summed E-state index contributed by atoms with van der Waals surface area (Å²) >= 11 is 0. The zero-order valence-electron chi connectivity index (χ0n) is 13.1. The van der Waals surface area contributed by atoms with Crippen LogP contribution in [0.25, 0.3) is 22.7 Å². The van der Waals surface area contributed by atoms with Gasteiger partial charge in [-0.15, -0.1) is 0 Å². The van der Waals surface area contributed by atoms with Gasteiger partial charge in [0.05, 0.1) is 17.5 Å². The number of benzene rings is 1. The van der Waals surface area contributed by atoms with Crippen molar-refractivity contribution >= 4 is 28.6 Å². The minimum absolute atomic E-state index is 0.151. The number of hydrogen-bond donors (Lipinski definition) is 2. The van der Waals surface area contributed by atoms with E-state index >= 15 is 0 Å². The van der Waals surface area contributed by atoms with Gasteiger partial charge in [-0.05, 0) is 37.5 Å². The summed E-state index contributed by atoms with van der Waals surface area (Å²) in [6.45, 7) is 2.12. The highest BCUT2D eigenvalue weighted by Crippen LogP contribution is 2.29. The molecule has 1 aromatic carbocycles. The minimum Gasteiger partial charge on any atom is -0.507 e. The molecule has 1 heterocycles. The predicted octanol–water partition coefficient (Wildman–Crippen LogP) is 1.29. The van der Waals surface area contributed by atoms with E-state index in [1.807, 2.05) is 25.2 Å². The summed E-state index contributed by atoms with van der Waals surface area (Å²) < 4.78 is 5.23. The Kier molecular flexibility index (Phi) is 3.56. The van der Waals surface area contributed by atoms with Gasteiger partial charge in [-0.2, -0.15) is 0 Å². The van der Waals surface area contributed by atoms with Gasteiger partial charge in [0.25, 0.3) is 0 Å². The Hall–Kier alpha value is -2.43. The van der Waals surface area contributed by atoms with Crippen molar-refractivity contribution in [3.8, 4) is 5.75 Å². The standard InChI is InChI=1S/C17H20N2O3/c1-4-22-17(21)15-14-11(9-19(2)3)13(20)8-7-12(14)18-16(15)10-5-6-10/h7-9,18,20H,4-6H2,1-3H3. The zero-order valence-corrected chi connectivity index (χ0v) is 13.1. The molecule has 0 unspecified atom stereocenters. The fourth-order valence-electron chi connectivity index (χ4n) is 2.68. The van der Waals surface area contributed by atoms with Gasteiger partial charge in [-0.25, -0.2) is 4.79 Å². The van der Waals surface area contributed by atoms with E-state index in [4.69, 9.17) is 4.74 Å². The van der Waals surface area contributed by atoms with E-state index in [9.17, 15) is 9.90 Å². The molecule has 0 atom stereocenters. The number of nitrogens with zero attached hydrogens (tertiary/aromatic N) is 1. The summed E-state index contributed by atoms with van der Waals surface area (Å²) in [5, 5.41) is 12.4. The summed E-state index contributed by atoms with van der Waals surface area (Å²) in [6.07, 6.45) is 3.81. The number of ether oxygens (including phenoxy) is 1. The fourth-order valence-corrected chi connectivity index (χ4v) is 2.68. The van der Waals surface area contributed by atoms with Gasteiger partial charge in [0.2, 0.25) is 0 Å². The molecule has 5 heteroatoms. The van der Waals surface area contributed by atoms with Crippen LogP contribution in [0.5, 0.6) is 5.75 Å². The maximum atomic E-state index is 12.5. The molecule has 1 aromatic heterocycles. The van der Waals surface area contributed by atoms with Crippen molar-refractivity contribution in [2.24, 2.45) is 0 Å². The third kappa shape index (κ3) is 2.43. The fraction of sp³-hybridized carbons (Fsp3) is 0.353. The Morgan fingerprint density at radius 3 is 2.73 bits per heavy atom. The normalized spacial score (nSPS) is 14.5. The number of rotatable bonds is 3. The van der Waals surface area contributed by atoms with Gasteiger partial charge in [-0.1, -0.05) is 0 Å². The van der Waals surface area contributed by atoms with Crippen LogP contribution in [0.15, 0.2) is 12.1 Å². The first-order valence-electron chi connectivity index (χ1n) is 7.44. The number of aromatic hydroxyl groups is 1. The highest BCUT2D eigenvalue weighted by atomic mass is 16.5. The van der Waals surface area contributed by atoms with Crippen molar-refractivity contribution in [1.82, 2.24) is 9.88 Å². The third-order valence-corrected chi connectivity index (χ3v) is 3.70. The van der Waals surface area contributed by atoms with E-state index in [0.717, 1.165) is 29.1 Å². The molecule has 116 valence electrons. The van der Waals surface area contributed by atoms with Gasteiger partial charge < -0.3 is 19.7 Å². The predicted molar refractivity (Wildman–Crippen MR) is 86.0 cm³/mol. The number of phenols is 1. The van der Waals surface area contributed by atoms with Crippen LogP contribution in [0.4, 0.5) is 0 Å². The number of fused-ring (bicyclic) bond motifs is 1. The molecular formula is C17H20N2O3. The number of esters is 1. The Bertz CT molecular complexity index is 856. The number of carbonyl (C=O) groups excluding carboxylic acids is 1. The lowest BCUT2D eigenvalue weighted by molar-refractivity contribution is 0.0527. The van der Waals surface area contributed by atoms with E-state index in [-0.39, 0.29) is 11.7 Å². The van der Waals surface area contributed by atoms with Crippen molar-refractivity contribution in [2.45, 2.75) is 19.8 Å². The van der Waals surface area contributed by atoms with Gasteiger partial charge in [-0.3, -0.25) is 0 Å². The largest absolute Gasteiger partial charge is 0.507 e. The van der Waals surface area contributed by atoms with E-state index in [0.29, 0.717) is 17.4 Å². The number of H-pyrrole nitrogens is 1. The maximum absolute atomic E-state index is 12.5. The number of aromatic amines is 1. The number of aromatic nitrogens is 1. The zero-order chi connectivity index (χ0) is 15.9. The van der Waals surface area contributed by atoms with Crippen LogP contribution in [-0.4, -0.2) is 41.7 Å². The molecule has 5 nitrogen and oxygen atoms in total. The quantitative estimate of drug-likeness (QED) is 0.839. The van der Waals surface area contributed by atoms with Crippen molar-refractivity contribution in [3.63, 3.8) is 0 Å². The SMILES string of the molecule is CCOC(=O)c1c(=C2CC2)[nH]c2ccc(O)c(=CN(C)C)c12. The monoisotopic (exact) mass is 300 g/mol. The van der Waals surface area contributed by atoms with Crippen LogP contribution >= 0.6 is 0 Å². The van der Waals surface area contributed by atoms with E-state index < -0.39 is 0 Å². The second-order valence-corrected chi connectivity index (χ2v) is 5.71. The summed E-state index contributed by atoms with van der Waals surface area (Å²) in [4.78, 5) is 17.6. The number of carbonyl (C=O) groups is 1. The highest BCUT2D eigenvalue weighted by Gasteiger charge is 2.23. The van der Waals surface area contributed by atoms with Crippen LogP contribution in [0.3, 0.4) is 0 Å². The first-order chi connectivity index (χ1) is 10.5. The first kappa shape index (κ1) is 14.5. The van der Waals surface area contributed by atoms with Crippen molar-refractivity contribution < 1.29 is 14.6 Å². The van der Waals surface area contributed by atoms with Crippen LogP contribution in [0.2, 0.25) is 0 Å². The lowest BCUT2D eigenvalue weighted by atomic mass is 10.1. The molecule has 1 aliphatic rings. The third-order valence-electron chi connectivity index (χ3n) is 3.70. The highest BCUT2D eigenvalue weighted by molar-refractivity contribution is 6.05. The lowest BCUT2D eigenvalue weighted by Crippen LogP contribution is -2.19. The molecule has 1 fully saturated rings. The molecule has 2 N–H and O–H groups in total. The number of hydrogen-bond acceptors (Lipinski definition) is 4. The van der Waals surface area contributed by atoms with Crippen molar-refractivity contribution in [2.75, 3.05) is 20.7 Å². The van der Waals surface area contributed by atoms with Gasteiger partial charge >= 0.3 is 5.97 Å². The molecule has 3 rings (SSSR count). The second-order valence-electron chi connectivity index (χ2n) is 5.71. The average molecular weight is 300 g/mol. The Morgan fingerprint density at radius 1 is 1.41 bits per heavy atom. The Morgan fingerprint density at radius 2 is 2.14 bits per heavy atom. The minimum atomic E-state index is -0.345. The van der Waals surface area contributed by atoms with Gasteiger partial charge in [0.1, 0.15) is 5.75 Å².